The van der Waals surface area contributed by atoms with Crippen LogP contribution in [0.25, 0.3) is 0 Å². The molecule has 8 nitrogen and oxygen atoms in total. The van der Waals surface area contributed by atoms with Crippen molar-refractivity contribution in [2.45, 2.75) is 17.7 Å². The normalized spacial score (nSPS) is 14.5. The van der Waals surface area contributed by atoms with Crippen LogP contribution >= 0.6 is 0 Å². The lowest BCUT2D eigenvalue weighted by Gasteiger charge is -2.17. The molecule has 1 heterocycles. The van der Waals surface area contributed by atoms with Gasteiger partial charge in [0.15, 0.2) is 0 Å². The van der Waals surface area contributed by atoms with E-state index in [0.29, 0.717) is 18.7 Å². The smallest absolute Gasteiger partial charge is 0.264 e. The average Bonchev–Trinajstić information content (AvgIpc) is 3.13. The van der Waals surface area contributed by atoms with E-state index in [-0.39, 0.29) is 16.4 Å². The molecule has 1 fully saturated rings. The van der Waals surface area contributed by atoms with E-state index in [0.717, 1.165) is 16.6 Å². The van der Waals surface area contributed by atoms with E-state index in [1.165, 1.54) is 38.4 Å². The Morgan fingerprint density at radius 1 is 1.18 bits per heavy atom. The molecule has 1 aliphatic rings. The standard InChI is InChI=1S/C19H21N3O5S/c1-21(27-2)28(25,26)17-9-3-6-14(12-17)19(24)20-15-7-4-8-16(13-15)22-11-5-10-18(22)23/h3-4,6-9,12-13H,5,10-11H2,1-2H3,(H,20,24). The van der Waals surface area contributed by atoms with Crippen LogP contribution < -0.4 is 10.2 Å². The number of carbonyl (C=O) groups excluding carboxylic acids is 2. The summed E-state index contributed by atoms with van der Waals surface area (Å²) < 4.78 is 25.4. The van der Waals surface area contributed by atoms with Gasteiger partial charge in [-0.3, -0.25) is 14.4 Å². The van der Waals surface area contributed by atoms with Gasteiger partial charge in [-0.2, -0.15) is 0 Å². The lowest BCUT2D eigenvalue weighted by Crippen LogP contribution is -2.26. The highest BCUT2D eigenvalue weighted by Gasteiger charge is 2.23. The Balaban J connectivity index is 1.81. The lowest BCUT2D eigenvalue weighted by atomic mass is 10.2. The van der Waals surface area contributed by atoms with E-state index in [1.807, 2.05) is 6.07 Å². The molecule has 0 saturated carbocycles. The van der Waals surface area contributed by atoms with Crippen LogP contribution in [0.1, 0.15) is 23.2 Å². The topological polar surface area (TPSA) is 96.0 Å². The van der Waals surface area contributed by atoms with Gasteiger partial charge in [0, 0.05) is 37.0 Å². The van der Waals surface area contributed by atoms with E-state index in [4.69, 9.17) is 4.84 Å². The summed E-state index contributed by atoms with van der Waals surface area (Å²) in [5.74, 6) is -0.398. The highest BCUT2D eigenvalue weighted by Crippen LogP contribution is 2.25. The monoisotopic (exact) mass is 403 g/mol. The van der Waals surface area contributed by atoms with Crippen LogP contribution in [0.15, 0.2) is 53.4 Å². The molecule has 0 aliphatic carbocycles. The number of hydrogen-bond acceptors (Lipinski definition) is 5. The molecule has 0 radical (unpaired) electrons. The van der Waals surface area contributed by atoms with Crippen molar-refractivity contribution in [3.8, 4) is 0 Å². The fourth-order valence-corrected chi connectivity index (χ4v) is 3.94. The molecule has 2 aromatic rings. The van der Waals surface area contributed by atoms with Crippen LogP contribution in [0.2, 0.25) is 0 Å². The maximum atomic E-state index is 12.6. The largest absolute Gasteiger partial charge is 0.322 e. The van der Waals surface area contributed by atoms with Gasteiger partial charge in [-0.05, 0) is 42.8 Å². The fraction of sp³-hybridized carbons (Fsp3) is 0.263. The number of nitrogens with zero attached hydrogens (tertiary/aromatic N) is 2. The van der Waals surface area contributed by atoms with Crippen LogP contribution in [0.4, 0.5) is 11.4 Å². The second-order valence-corrected chi connectivity index (χ2v) is 8.21. The molecule has 28 heavy (non-hydrogen) atoms. The number of anilines is 2. The first kappa shape index (κ1) is 20.0. The van der Waals surface area contributed by atoms with Crippen molar-refractivity contribution in [1.82, 2.24) is 4.47 Å². The SMILES string of the molecule is CON(C)S(=O)(=O)c1cccc(C(=O)Nc2cccc(N3CCCC3=O)c2)c1. The van der Waals surface area contributed by atoms with Crippen LogP contribution in [-0.4, -0.2) is 45.4 Å². The van der Waals surface area contributed by atoms with Gasteiger partial charge in [0.1, 0.15) is 0 Å². The summed E-state index contributed by atoms with van der Waals surface area (Å²) in [5, 5.41) is 2.74. The minimum absolute atomic E-state index is 0.0547. The maximum absolute atomic E-state index is 12.6. The maximum Gasteiger partial charge on any atom is 0.264 e. The number of sulfonamides is 1. The van der Waals surface area contributed by atoms with E-state index in [1.54, 1.807) is 23.1 Å². The molecule has 1 aliphatic heterocycles. The predicted molar refractivity (Wildman–Crippen MR) is 104 cm³/mol. The summed E-state index contributed by atoms with van der Waals surface area (Å²) in [6, 6.07) is 12.7. The molecule has 2 aromatic carbocycles. The minimum Gasteiger partial charge on any atom is -0.322 e. The second kappa shape index (κ2) is 8.09. The molecule has 148 valence electrons. The van der Waals surface area contributed by atoms with Gasteiger partial charge in [-0.15, -0.1) is 0 Å². The molecule has 3 rings (SSSR count). The summed E-state index contributed by atoms with van der Waals surface area (Å²) >= 11 is 0. The Hall–Kier alpha value is -2.75. The first-order valence-electron chi connectivity index (χ1n) is 8.68. The number of amides is 2. The van der Waals surface area contributed by atoms with Crippen LogP contribution in [0.5, 0.6) is 0 Å². The first-order chi connectivity index (χ1) is 13.3. The van der Waals surface area contributed by atoms with Gasteiger partial charge >= 0.3 is 0 Å². The number of benzene rings is 2. The third-order valence-electron chi connectivity index (χ3n) is 4.48. The number of hydroxylamine groups is 1. The zero-order chi connectivity index (χ0) is 20.3. The van der Waals surface area contributed by atoms with Gasteiger partial charge < -0.3 is 10.2 Å². The fourth-order valence-electron chi connectivity index (χ4n) is 2.92. The number of hydrogen-bond donors (Lipinski definition) is 1. The van der Waals surface area contributed by atoms with Crippen molar-refractivity contribution in [2.24, 2.45) is 0 Å². The lowest BCUT2D eigenvalue weighted by molar-refractivity contribution is -0.117. The van der Waals surface area contributed by atoms with E-state index < -0.39 is 15.9 Å². The van der Waals surface area contributed by atoms with Crippen LogP contribution in [0, 0.1) is 0 Å². The molecule has 0 spiro atoms. The van der Waals surface area contributed by atoms with Crippen molar-refractivity contribution >= 4 is 33.2 Å². The molecule has 0 bridgehead atoms. The number of rotatable bonds is 6. The van der Waals surface area contributed by atoms with E-state index in [2.05, 4.69) is 5.32 Å². The third kappa shape index (κ3) is 4.06. The van der Waals surface area contributed by atoms with Gasteiger partial charge in [0.2, 0.25) is 5.91 Å². The Kier molecular flexibility index (Phi) is 5.78. The molecular weight excluding hydrogens is 382 g/mol. The first-order valence-corrected chi connectivity index (χ1v) is 10.1. The molecule has 9 heteroatoms. The average molecular weight is 403 g/mol. The van der Waals surface area contributed by atoms with Gasteiger partial charge in [-0.25, -0.2) is 8.42 Å². The van der Waals surface area contributed by atoms with Crippen molar-refractivity contribution in [1.29, 1.82) is 0 Å². The van der Waals surface area contributed by atoms with E-state index in [9.17, 15) is 18.0 Å². The van der Waals surface area contributed by atoms with E-state index >= 15 is 0 Å². The number of nitrogens with one attached hydrogen (secondary N) is 1. The molecule has 0 atom stereocenters. The van der Waals surface area contributed by atoms with Gasteiger partial charge in [0.25, 0.3) is 15.9 Å². The Morgan fingerprint density at radius 2 is 1.93 bits per heavy atom. The molecule has 2 amide bonds. The molecule has 0 aromatic heterocycles. The zero-order valence-corrected chi connectivity index (χ0v) is 16.4. The highest BCUT2D eigenvalue weighted by molar-refractivity contribution is 7.89. The third-order valence-corrected chi connectivity index (χ3v) is 6.15. The summed E-state index contributed by atoms with van der Waals surface area (Å²) in [7, 11) is -1.34. The van der Waals surface area contributed by atoms with Crippen molar-refractivity contribution in [3.05, 3.63) is 54.1 Å². The quantitative estimate of drug-likeness (QED) is 0.747. The molecule has 1 saturated heterocycles. The van der Waals surface area contributed by atoms with Gasteiger partial charge in [0.05, 0.1) is 12.0 Å². The molecule has 1 N–H and O–H groups in total. The highest BCUT2D eigenvalue weighted by atomic mass is 32.2. The van der Waals surface area contributed by atoms with Crippen molar-refractivity contribution in [2.75, 3.05) is 30.9 Å². The summed E-state index contributed by atoms with van der Waals surface area (Å²) in [5.41, 5.74) is 1.43. The van der Waals surface area contributed by atoms with Crippen LogP contribution in [-0.2, 0) is 19.7 Å². The summed E-state index contributed by atoms with van der Waals surface area (Å²) in [6.07, 6.45) is 1.33. The number of carbonyl (C=O) groups is 2. The summed E-state index contributed by atoms with van der Waals surface area (Å²) in [4.78, 5) is 30.9. The Bertz CT molecular complexity index is 1010. The Morgan fingerprint density at radius 3 is 2.61 bits per heavy atom. The predicted octanol–water partition coefficient (Wildman–Crippen LogP) is 2.25. The minimum atomic E-state index is -3.85. The molecule has 0 unspecified atom stereocenters. The Labute approximate surface area is 163 Å². The molecular formula is C19H21N3O5S. The zero-order valence-electron chi connectivity index (χ0n) is 15.6. The van der Waals surface area contributed by atoms with Crippen molar-refractivity contribution < 1.29 is 22.8 Å². The second-order valence-electron chi connectivity index (χ2n) is 6.28. The summed E-state index contributed by atoms with van der Waals surface area (Å²) in [6.45, 7) is 0.656. The van der Waals surface area contributed by atoms with Crippen molar-refractivity contribution in [3.63, 3.8) is 0 Å². The van der Waals surface area contributed by atoms with Crippen LogP contribution in [0.3, 0.4) is 0 Å². The van der Waals surface area contributed by atoms with Gasteiger partial charge in [-0.1, -0.05) is 16.6 Å².